The zero-order chi connectivity index (χ0) is 14.1. The molecular formula is C17H16N2O. The van der Waals surface area contributed by atoms with Crippen molar-refractivity contribution in [3.63, 3.8) is 0 Å². The molecule has 3 rings (SSSR count). The number of ether oxygens (including phenoxy) is 1. The molecule has 2 aromatic carbocycles. The van der Waals surface area contributed by atoms with Gasteiger partial charge in [0.05, 0.1) is 17.4 Å². The Morgan fingerprint density at radius 3 is 2.60 bits per heavy atom. The molecule has 3 aromatic rings. The van der Waals surface area contributed by atoms with Crippen LogP contribution in [0.2, 0.25) is 0 Å². The summed E-state index contributed by atoms with van der Waals surface area (Å²) in [5.41, 5.74) is 9.87. The normalized spacial score (nSPS) is 10.7. The van der Waals surface area contributed by atoms with Crippen LogP contribution in [0.25, 0.3) is 10.9 Å². The van der Waals surface area contributed by atoms with E-state index >= 15 is 0 Å². The lowest BCUT2D eigenvalue weighted by molar-refractivity contribution is 0.489. The van der Waals surface area contributed by atoms with Crippen LogP contribution in [0, 0.1) is 13.8 Å². The van der Waals surface area contributed by atoms with Crippen molar-refractivity contribution >= 4 is 16.6 Å². The van der Waals surface area contributed by atoms with Crippen LogP contribution in [0.4, 0.5) is 5.69 Å². The summed E-state index contributed by atoms with van der Waals surface area (Å²) in [5, 5.41) is 0.922. The van der Waals surface area contributed by atoms with Crippen molar-refractivity contribution in [2.45, 2.75) is 13.8 Å². The van der Waals surface area contributed by atoms with Crippen molar-refractivity contribution in [1.29, 1.82) is 0 Å². The Kier molecular flexibility index (Phi) is 3.03. The number of aryl methyl sites for hydroxylation is 2. The minimum absolute atomic E-state index is 0.543. The van der Waals surface area contributed by atoms with Crippen molar-refractivity contribution in [2.24, 2.45) is 0 Å². The summed E-state index contributed by atoms with van der Waals surface area (Å²) in [7, 11) is 0. The molecule has 0 fully saturated rings. The first kappa shape index (κ1) is 12.5. The topological polar surface area (TPSA) is 48.1 Å². The highest BCUT2D eigenvalue weighted by Crippen LogP contribution is 2.34. The Morgan fingerprint density at radius 2 is 1.80 bits per heavy atom. The van der Waals surface area contributed by atoms with E-state index in [9.17, 15) is 0 Å². The zero-order valence-electron chi connectivity index (χ0n) is 11.6. The summed E-state index contributed by atoms with van der Waals surface area (Å²) in [6, 6.07) is 13.8. The van der Waals surface area contributed by atoms with E-state index in [2.05, 4.69) is 18.8 Å². The molecule has 0 aliphatic heterocycles. The molecular weight excluding hydrogens is 248 g/mol. The van der Waals surface area contributed by atoms with Gasteiger partial charge in [0.1, 0.15) is 5.75 Å². The number of fused-ring (bicyclic) bond motifs is 1. The summed E-state index contributed by atoms with van der Waals surface area (Å²) in [6.07, 6.45) is 1.64. The number of anilines is 1. The first-order valence-electron chi connectivity index (χ1n) is 6.53. The Bertz CT molecular complexity index is 781. The van der Waals surface area contributed by atoms with Gasteiger partial charge in [0.25, 0.3) is 0 Å². The lowest BCUT2D eigenvalue weighted by atomic mass is 10.1. The smallest absolute Gasteiger partial charge is 0.161 e. The molecule has 0 saturated heterocycles. The van der Waals surface area contributed by atoms with Crippen LogP contribution in [-0.4, -0.2) is 4.98 Å². The molecule has 100 valence electrons. The molecule has 0 amide bonds. The summed E-state index contributed by atoms with van der Waals surface area (Å²) < 4.78 is 5.99. The first-order chi connectivity index (χ1) is 9.65. The van der Waals surface area contributed by atoms with Crippen molar-refractivity contribution in [3.8, 4) is 11.5 Å². The molecule has 3 nitrogen and oxygen atoms in total. The highest BCUT2D eigenvalue weighted by molar-refractivity contribution is 5.89. The summed E-state index contributed by atoms with van der Waals surface area (Å²) >= 11 is 0. The lowest BCUT2D eigenvalue weighted by Gasteiger charge is -2.12. The maximum Gasteiger partial charge on any atom is 0.161 e. The summed E-state index contributed by atoms with van der Waals surface area (Å²) in [4.78, 5) is 4.31. The van der Waals surface area contributed by atoms with Gasteiger partial charge in [-0.05, 0) is 49.2 Å². The molecule has 0 radical (unpaired) electrons. The highest BCUT2D eigenvalue weighted by Gasteiger charge is 2.09. The van der Waals surface area contributed by atoms with Crippen molar-refractivity contribution in [2.75, 3.05) is 5.73 Å². The standard InChI is InChI=1S/C17H16N2O/c1-11-7-8-13(9-12(11)2)20-17-14-5-3-4-6-16(14)19-10-15(17)18/h3-10H,18H2,1-2H3. The molecule has 1 aromatic heterocycles. The van der Waals surface area contributed by atoms with E-state index in [4.69, 9.17) is 10.5 Å². The Balaban J connectivity index is 2.10. The second kappa shape index (κ2) is 4.85. The number of hydrogen-bond acceptors (Lipinski definition) is 3. The zero-order valence-corrected chi connectivity index (χ0v) is 11.6. The molecule has 0 aliphatic rings. The van der Waals surface area contributed by atoms with Crippen LogP contribution in [0.5, 0.6) is 11.5 Å². The molecule has 20 heavy (non-hydrogen) atoms. The largest absolute Gasteiger partial charge is 0.454 e. The molecule has 0 atom stereocenters. The monoisotopic (exact) mass is 264 g/mol. The molecule has 2 N–H and O–H groups in total. The van der Waals surface area contributed by atoms with Crippen LogP contribution in [0.1, 0.15) is 11.1 Å². The predicted octanol–water partition coefficient (Wildman–Crippen LogP) is 4.23. The van der Waals surface area contributed by atoms with Crippen LogP contribution in [0.3, 0.4) is 0 Å². The average Bonchev–Trinajstić information content (AvgIpc) is 2.46. The second-order valence-corrected chi connectivity index (χ2v) is 4.91. The molecule has 0 spiro atoms. The fraction of sp³-hybridized carbons (Fsp3) is 0.118. The number of nitrogen functional groups attached to an aromatic ring is 1. The third-order valence-electron chi connectivity index (χ3n) is 3.45. The van der Waals surface area contributed by atoms with Gasteiger partial charge in [-0.1, -0.05) is 18.2 Å². The molecule has 1 heterocycles. The highest BCUT2D eigenvalue weighted by atomic mass is 16.5. The molecule has 0 unspecified atom stereocenters. The van der Waals surface area contributed by atoms with E-state index in [1.54, 1.807) is 6.20 Å². The SMILES string of the molecule is Cc1ccc(Oc2c(N)cnc3ccccc23)cc1C. The van der Waals surface area contributed by atoms with Gasteiger partial charge < -0.3 is 10.5 Å². The second-order valence-electron chi connectivity index (χ2n) is 4.91. The number of nitrogens with two attached hydrogens (primary N) is 1. The molecule has 0 aliphatic carbocycles. The van der Waals surface area contributed by atoms with Gasteiger partial charge in [0, 0.05) is 5.39 Å². The quantitative estimate of drug-likeness (QED) is 0.753. The fourth-order valence-corrected chi connectivity index (χ4v) is 2.14. The molecule has 0 saturated carbocycles. The van der Waals surface area contributed by atoms with E-state index in [0.717, 1.165) is 16.7 Å². The minimum Gasteiger partial charge on any atom is -0.454 e. The maximum atomic E-state index is 6.01. The van der Waals surface area contributed by atoms with Gasteiger partial charge in [-0.3, -0.25) is 4.98 Å². The van der Waals surface area contributed by atoms with Gasteiger partial charge in [-0.15, -0.1) is 0 Å². The Hall–Kier alpha value is -2.55. The Morgan fingerprint density at radius 1 is 1.00 bits per heavy atom. The van der Waals surface area contributed by atoms with Gasteiger partial charge in [0.15, 0.2) is 5.75 Å². The van der Waals surface area contributed by atoms with E-state index in [1.165, 1.54) is 11.1 Å². The predicted molar refractivity (Wildman–Crippen MR) is 82.1 cm³/mol. The van der Waals surface area contributed by atoms with E-state index in [-0.39, 0.29) is 0 Å². The van der Waals surface area contributed by atoms with Crippen LogP contribution in [-0.2, 0) is 0 Å². The van der Waals surface area contributed by atoms with Gasteiger partial charge in [-0.25, -0.2) is 0 Å². The number of hydrogen-bond donors (Lipinski definition) is 1. The maximum absolute atomic E-state index is 6.01. The van der Waals surface area contributed by atoms with Gasteiger partial charge in [0.2, 0.25) is 0 Å². The van der Waals surface area contributed by atoms with E-state index in [1.807, 2.05) is 42.5 Å². The number of benzene rings is 2. The summed E-state index contributed by atoms with van der Waals surface area (Å²) in [6.45, 7) is 4.14. The van der Waals surface area contributed by atoms with E-state index in [0.29, 0.717) is 11.4 Å². The Labute approximate surface area is 118 Å². The van der Waals surface area contributed by atoms with Gasteiger partial charge >= 0.3 is 0 Å². The van der Waals surface area contributed by atoms with Crippen molar-refractivity contribution in [3.05, 3.63) is 59.8 Å². The fourth-order valence-electron chi connectivity index (χ4n) is 2.14. The summed E-state index contributed by atoms with van der Waals surface area (Å²) in [5.74, 6) is 1.45. The number of pyridine rings is 1. The van der Waals surface area contributed by atoms with Crippen LogP contribution in [0.15, 0.2) is 48.7 Å². The van der Waals surface area contributed by atoms with E-state index < -0.39 is 0 Å². The lowest BCUT2D eigenvalue weighted by Crippen LogP contribution is -1.95. The minimum atomic E-state index is 0.543. The number of rotatable bonds is 2. The van der Waals surface area contributed by atoms with Crippen molar-refractivity contribution < 1.29 is 4.74 Å². The number of nitrogens with zero attached hydrogens (tertiary/aromatic N) is 1. The third-order valence-corrected chi connectivity index (χ3v) is 3.45. The number of para-hydroxylation sites is 1. The average molecular weight is 264 g/mol. The molecule has 0 bridgehead atoms. The van der Waals surface area contributed by atoms with Crippen molar-refractivity contribution in [1.82, 2.24) is 4.98 Å². The molecule has 3 heteroatoms. The van der Waals surface area contributed by atoms with Crippen LogP contribution >= 0.6 is 0 Å². The van der Waals surface area contributed by atoms with Crippen LogP contribution < -0.4 is 10.5 Å². The van der Waals surface area contributed by atoms with Gasteiger partial charge in [-0.2, -0.15) is 0 Å². The third kappa shape index (κ3) is 2.18. The number of aromatic nitrogens is 1. The first-order valence-corrected chi connectivity index (χ1v) is 6.53.